The molecule has 0 radical (unpaired) electrons. The van der Waals surface area contributed by atoms with Gasteiger partial charge in [-0.3, -0.25) is 4.79 Å². The van der Waals surface area contributed by atoms with E-state index in [2.05, 4.69) is 10.1 Å². The number of benzene rings is 1. The van der Waals surface area contributed by atoms with Crippen LogP contribution in [0.4, 0.5) is 0 Å². The van der Waals surface area contributed by atoms with Gasteiger partial charge in [-0.15, -0.1) is 12.4 Å². The molecule has 0 spiro atoms. The average Bonchev–Trinajstić information content (AvgIpc) is 2.46. The minimum atomic E-state index is -0.475. The van der Waals surface area contributed by atoms with Gasteiger partial charge >= 0.3 is 5.97 Å². The lowest BCUT2D eigenvalue weighted by molar-refractivity contribution is -0.123. The molecule has 1 aromatic carbocycles. The quantitative estimate of drug-likeness (QED) is 0.780. The molecule has 0 bridgehead atoms. The van der Waals surface area contributed by atoms with Gasteiger partial charge in [-0.1, -0.05) is 26.0 Å². The molecule has 1 amide bonds. The predicted octanol–water partition coefficient (Wildman–Crippen LogP) is 1.54. The van der Waals surface area contributed by atoms with Crippen LogP contribution in [0.3, 0.4) is 0 Å². The maximum atomic E-state index is 11.7. The number of ether oxygens (including phenoxy) is 1. The van der Waals surface area contributed by atoms with Crippen LogP contribution in [0.5, 0.6) is 0 Å². The van der Waals surface area contributed by atoms with E-state index in [0.29, 0.717) is 18.5 Å². The zero-order valence-electron chi connectivity index (χ0n) is 12.6. The molecule has 0 aliphatic heterocycles. The Morgan fingerprint density at radius 2 is 1.81 bits per heavy atom. The molecule has 0 fully saturated rings. The van der Waals surface area contributed by atoms with Crippen LogP contribution >= 0.6 is 12.4 Å². The fourth-order valence-corrected chi connectivity index (χ4v) is 1.68. The van der Waals surface area contributed by atoms with Crippen LogP contribution in [0.15, 0.2) is 24.3 Å². The number of esters is 1. The van der Waals surface area contributed by atoms with E-state index in [1.165, 1.54) is 7.11 Å². The Bertz CT molecular complexity index is 460. The van der Waals surface area contributed by atoms with Gasteiger partial charge in [0.05, 0.1) is 18.7 Å². The lowest BCUT2D eigenvalue weighted by Crippen LogP contribution is -2.44. The smallest absolute Gasteiger partial charge is 0.337 e. The first-order valence-corrected chi connectivity index (χ1v) is 6.66. The summed E-state index contributed by atoms with van der Waals surface area (Å²) < 4.78 is 4.63. The molecule has 0 aliphatic carbocycles. The standard InChI is InChI=1S/C15H22N2O3.ClH/c1-10(2)13(16)14(18)17-9-8-11-4-6-12(7-5-11)15(19)20-3;/h4-7,10,13H,8-9,16H2,1-3H3,(H,17,18);1H/t13-;/m0./s1. The molecule has 0 heterocycles. The third-order valence-corrected chi connectivity index (χ3v) is 3.11. The first-order chi connectivity index (χ1) is 9.45. The molecule has 6 heteroatoms. The van der Waals surface area contributed by atoms with Gasteiger partial charge in [0.15, 0.2) is 0 Å². The zero-order chi connectivity index (χ0) is 15.1. The number of rotatable bonds is 6. The first-order valence-electron chi connectivity index (χ1n) is 6.66. The molecule has 0 saturated carbocycles. The highest BCUT2D eigenvalue weighted by Gasteiger charge is 2.16. The van der Waals surface area contributed by atoms with E-state index in [0.717, 1.165) is 5.56 Å². The zero-order valence-corrected chi connectivity index (χ0v) is 13.4. The summed E-state index contributed by atoms with van der Waals surface area (Å²) in [6.45, 7) is 4.35. The van der Waals surface area contributed by atoms with Gasteiger partial charge in [0.1, 0.15) is 0 Å². The summed E-state index contributed by atoms with van der Waals surface area (Å²) >= 11 is 0. The van der Waals surface area contributed by atoms with Crippen molar-refractivity contribution in [2.75, 3.05) is 13.7 Å². The number of nitrogens with two attached hydrogens (primary N) is 1. The van der Waals surface area contributed by atoms with Gasteiger partial charge in [0, 0.05) is 6.54 Å². The molecular formula is C15H23ClN2O3. The molecule has 0 aliphatic rings. The summed E-state index contributed by atoms with van der Waals surface area (Å²) in [6, 6.07) is 6.64. The molecule has 1 aromatic rings. The van der Waals surface area contributed by atoms with Crippen molar-refractivity contribution in [1.82, 2.24) is 5.32 Å². The van der Waals surface area contributed by atoms with E-state index in [9.17, 15) is 9.59 Å². The van der Waals surface area contributed by atoms with Gasteiger partial charge in [0.25, 0.3) is 0 Å². The summed E-state index contributed by atoms with van der Waals surface area (Å²) in [5.74, 6) is -0.367. The van der Waals surface area contributed by atoms with Crippen LogP contribution in [-0.4, -0.2) is 31.6 Å². The number of hydrogen-bond acceptors (Lipinski definition) is 4. The highest BCUT2D eigenvalue weighted by Crippen LogP contribution is 2.06. The SMILES string of the molecule is COC(=O)c1ccc(CCNC(=O)[C@@H](N)C(C)C)cc1.Cl. The van der Waals surface area contributed by atoms with Crippen molar-refractivity contribution in [3.63, 3.8) is 0 Å². The second-order valence-electron chi connectivity index (χ2n) is 5.00. The fraction of sp³-hybridized carbons (Fsp3) is 0.467. The van der Waals surface area contributed by atoms with E-state index >= 15 is 0 Å². The number of amides is 1. The second kappa shape index (κ2) is 9.37. The lowest BCUT2D eigenvalue weighted by Gasteiger charge is -2.15. The Labute approximate surface area is 131 Å². The maximum Gasteiger partial charge on any atom is 0.337 e. The van der Waals surface area contributed by atoms with Gasteiger partial charge in [-0.05, 0) is 30.0 Å². The first kappa shape index (κ1) is 19.4. The molecular weight excluding hydrogens is 292 g/mol. The summed E-state index contributed by atoms with van der Waals surface area (Å²) in [5, 5.41) is 2.81. The fourth-order valence-electron chi connectivity index (χ4n) is 1.68. The van der Waals surface area contributed by atoms with Gasteiger partial charge in [-0.2, -0.15) is 0 Å². The van der Waals surface area contributed by atoms with E-state index in [1.54, 1.807) is 12.1 Å². The molecule has 0 unspecified atom stereocenters. The number of carbonyl (C=O) groups is 2. The molecule has 0 aromatic heterocycles. The summed E-state index contributed by atoms with van der Waals surface area (Å²) in [4.78, 5) is 22.9. The third-order valence-electron chi connectivity index (χ3n) is 3.11. The van der Waals surface area contributed by atoms with Crippen LogP contribution in [0, 0.1) is 5.92 Å². The Morgan fingerprint density at radius 3 is 2.29 bits per heavy atom. The van der Waals surface area contributed by atoms with Crippen LogP contribution in [0.1, 0.15) is 29.8 Å². The van der Waals surface area contributed by atoms with Crippen LogP contribution in [-0.2, 0) is 16.0 Å². The van der Waals surface area contributed by atoms with Crippen molar-refractivity contribution in [3.05, 3.63) is 35.4 Å². The minimum absolute atomic E-state index is 0. The highest BCUT2D eigenvalue weighted by molar-refractivity contribution is 5.89. The van der Waals surface area contributed by atoms with Crippen molar-refractivity contribution in [1.29, 1.82) is 0 Å². The van der Waals surface area contributed by atoms with E-state index < -0.39 is 6.04 Å². The van der Waals surface area contributed by atoms with Crippen molar-refractivity contribution in [3.8, 4) is 0 Å². The molecule has 118 valence electrons. The lowest BCUT2D eigenvalue weighted by atomic mass is 10.0. The number of hydrogen-bond donors (Lipinski definition) is 2. The van der Waals surface area contributed by atoms with Crippen molar-refractivity contribution in [2.24, 2.45) is 11.7 Å². The molecule has 1 atom stereocenters. The Balaban J connectivity index is 0.00000400. The average molecular weight is 315 g/mol. The summed E-state index contributed by atoms with van der Waals surface area (Å²) in [6.07, 6.45) is 0.692. The Kier molecular flexibility index (Phi) is 8.66. The largest absolute Gasteiger partial charge is 0.465 e. The Morgan fingerprint density at radius 1 is 1.24 bits per heavy atom. The van der Waals surface area contributed by atoms with Crippen molar-refractivity contribution < 1.29 is 14.3 Å². The van der Waals surface area contributed by atoms with Crippen molar-refractivity contribution >= 4 is 24.3 Å². The van der Waals surface area contributed by atoms with Crippen LogP contribution in [0.25, 0.3) is 0 Å². The second-order valence-corrected chi connectivity index (χ2v) is 5.00. The third kappa shape index (κ3) is 6.14. The maximum absolute atomic E-state index is 11.7. The van der Waals surface area contributed by atoms with Gasteiger partial charge in [-0.25, -0.2) is 4.79 Å². The molecule has 3 N–H and O–H groups in total. The summed E-state index contributed by atoms with van der Waals surface area (Å²) in [5.41, 5.74) is 7.30. The summed E-state index contributed by atoms with van der Waals surface area (Å²) in [7, 11) is 1.35. The van der Waals surface area contributed by atoms with E-state index in [-0.39, 0.29) is 30.2 Å². The van der Waals surface area contributed by atoms with Gasteiger partial charge in [0.2, 0.25) is 5.91 Å². The highest BCUT2D eigenvalue weighted by atomic mass is 35.5. The predicted molar refractivity (Wildman–Crippen MR) is 84.6 cm³/mol. The topological polar surface area (TPSA) is 81.4 Å². The van der Waals surface area contributed by atoms with Crippen molar-refractivity contribution in [2.45, 2.75) is 26.3 Å². The number of carbonyl (C=O) groups excluding carboxylic acids is 2. The normalized spacial score (nSPS) is 11.5. The monoisotopic (exact) mass is 314 g/mol. The minimum Gasteiger partial charge on any atom is -0.465 e. The molecule has 1 rings (SSSR count). The van der Waals surface area contributed by atoms with E-state index in [4.69, 9.17) is 5.73 Å². The van der Waals surface area contributed by atoms with Crippen LogP contribution < -0.4 is 11.1 Å². The Hall–Kier alpha value is -1.59. The number of nitrogens with one attached hydrogen (secondary N) is 1. The molecule has 0 saturated heterocycles. The van der Waals surface area contributed by atoms with Gasteiger partial charge < -0.3 is 15.8 Å². The van der Waals surface area contributed by atoms with Crippen LogP contribution in [0.2, 0.25) is 0 Å². The molecule has 21 heavy (non-hydrogen) atoms. The number of halogens is 1. The van der Waals surface area contributed by atoms with E-state index in [1.807, 2.05) is 26.0 Å². The molecule has 5 nitrogen and oxygen atoms in total. The number of methoxy groups -OCH3 is 1.